The Morgan fingerprint density at radius 3 is 2.21 bits per heavy atom. The molecular weight excluding hydrogens is 308 g/mol. The second kappa shape index (κ2) is 8.27. The van der Waals surface area contributed by atoms with Crippen molar-refractivity contribution in [2.75, 3.05) is 59.0 Å². The number of hydrogen-bond donors (Lipinski definition) is 1. The van der Waals surface area contributed by atoms with Crippen LogP contribution in [0, 0.1) is 5.92 Å². The van der Waals surface area contributed by atoms with Crippen LogP contribution in [0.2, 0.25) is 0 Å². The van der Waals surface area contributed by atoms with Crippen LogP contribution in [0.15, 0.2) is 0 Å². The fraction of sp³-hybridized carbons (Fsp3) is 0.882. The van der Waals surface area contributed by atoms with Gasteiger partial charge in [-0.05, 0) is 18.8 Å². The highest BCUT2D eigenvalue weighted by atomic mass is 16.5. The number of amides is 2. The Balaban J connectivity index is 1.38. The Bertz CT molecular complexity index is 445. The van der Waals surface area contributed by atoms with Crippen molar-refractivity contribution in [3.63, 3.8) is 0 Å². The molecule has 136 valence electrons. The number of hydrogen-bond acceptors (Lipinski definition) is 5. The molecule has 0 bridgehead atoms. The quantitative estimate of drug-likeness (QED) is 0.748. The molecule has 2 heterocycles. The van der Waals surface area contributed by atoms with Crippen molar-refractivity contribution in [1.82, 2.24) is 14.7 Å². The summed E-state index contributed by atoms with van der Waals surface area (Å²) in [5.41, 5.74) is 6.07. The van der Waals surface area contributed by atoms with Crippen LogP contribution in [0.4, 0.5) is 0 Å². The first-order chi connectivity index (χ1) is 11.6. The molecule has 7 nitrogen and oxygen atoms in total. The fourth-order valence-corrected chi connectivity index (χ4v) is 3.93. The monoisotopic (exact) mass is 338 g/mol. The van der Waals surface area contributed by atoms with E-state index in [2.05, 4.69) is 4.90 Å². The molecule has 0 unspecified atom stereocenters. The summed E-state index contributed by atoms with van der Waals surface area (Å²) in [6.07, 6.45) is 3.88. The van der Waals surface area contributed by atoms with Crippen molar-refractivity contribution in [2.24, 2.45) is 11.7 Å². The topological polar surface area (TPSA) is 79.1 Å². The predicted molar refractivity (Wildman–Crippen MR) is 90.4 cm³/mol. The zero-order valence-corrected chi connectivity index (χ0v) is 14.5. The van der Waals surface area contributed by atoms with Gasteiger partial charge in [0.1, 0.15) is 0 Å². The maximum absolute atomic E-state index is 12.4. The molecular formula is C17H30N4O3. The maximum atomic E-state index is 12.4. The Morgan fingerprint density at radius 1 is 0.917 bits per heavy atom. The smallest absolute Gasteiger partial charge is 0.236 e. The van der Waals surface area contributed by atoms with Gasteiger partial charge in [0.15, 0.2) is 0 Å². The van der Waals surface area contributed by atoms with Crippen LogP contribution in [-0.4, -0.2) is 91.6 Å². The molecule has 2 saturated heterocycles. The van der Waals surface area contributed by atoms with Crippen molar-refractivity contribution in [2.45, 2.75) is 31.7 Å². The molecule has 2 N–H and O–H groups in total. The van der Waals surface area contributed by atoms with Crippen molar-refractivity contribution in [1.29, 1.82) is 0 Å². The Labute approximate surface area is 144 Å². The summed E-state index contributed by atoms with van der Waals surface area (Å²) in [6, 6.07) is 0.196. The van der Waals surface area contributed by atoms with Crippen LogP contribution in [0.1, 0.15) is 25.7 Å². The van der Waals surface area contributed by atoms with Crippen LogP contribution in [0.5, 0.6) is 0 Å². The Hall–Kier alpha value is -1.18. The summed E-state index contributed by atoms with van der Waals surface area (Å²) < 4.78 is 5.28. The maximum Gasteiger partial charge on any atom is 0.236 e. The standard InChI is InChI=1S/C17H30N4O3/c18-15-3-1-2-14(15)12-16(22)20-6-4-19(5-7-20)13-17(23)21-8-10-24-11-9-21/h14-15H,1-13,18H2/t14-,15+/m0/s1. The minimum atomic E-state index is 0.176. The van der Waals surface area contributed by atoms with E-state index in [0.29, 0.717) is 45.2 Å². The SMILES string of the molecule is N[C@@H]1CCC[C@H]1CC(=O)N1CCN(CC(=O)N2CCOCC2)CC1. The average molecular weight is 338 g/mol. The second-order valence-electron chi connectivity index (χ2n) is 7.21. The van der Waals surface area contributed by atoms with Crippen molar-refractivity contribution in [3.05, 3.63) is 0 Å². The van der Waals surface area contributed by atoms with Gasteiger partial charge < -0.3 is 20.3 Å². The molecule has 0 aromatic rings. The second-order valence-corrected chi connectivity index (χ2v) is 7.21. The molecule has 0 aromatic carbocycles. The minimum absolute atomic E-state index is 0.176. The fourth-order valence-electron chi connectivity index (χ4n) is 3.93. The third-order valence-corrected chi connectivity index (χ3v) is 5.60. The number of ether oxygens (including phenoxy) is 1. The van der Waals surface area contributed by atoms with Gasteiger partial charge in [-0.15, -0.1) is 0 Å². The molecule has 1 aliphatic carbocycles. The van der Waals surface area contributed by atoms with Crippen LogP contribution in [0.3, 0.4) is 0 Å². The number of rotatable bonds is 4. The van der Waals surface area contributed by atoms with Crippen molar-refractivity contribution >= 4 is 11.8 Å². The summed E-state index contributed by atoms with van der Waals surface area (Å²) in [5, 5.41) is 0. The molecule has 3 rings (SSSR count). The van der Waals surface area contributed by atoms with Crippen LogP contribution < -0.4 is 5.73 Å². The molecule has 3 fully saturated rings. The van der Waals surface area contributed by atoms with Gasteiger partial charge in [-0.2, -0.15) is 0 Å². The van der Waals surface area contributed by atoms with Crippen LogP contribution >= 0.6 is 0 Å². The average Bonchev–Trinajstić information content (AvgIpc) is 3.01. The van der Waals surface area contributed by atoms with E-state index in [9.17, 15) is 9.59 Å². The lowest BCUT2D eigenvalue weighted by Gasteiger charge is -2.36. The molecule has 0 aromatic heterocycles. The minimum Gasteiger partial charge on any atom is -0.378 e. The first-order valence-electron chi connectivity index (χ1n) is 9.24. The van der Waals surface area contributed by atoms with Gasteiger partial charge in [-0.1, -0.05) is 6.42 Å². The van der Waals surface area contributed by atoms with E-state index in [1.165, 1.54) is 0 Å². The highest BCUT2D eigenvalue weighted by Crippen LogP contribution is 2.27. The van der Waals surface area contributed by atoms with E-state index in [0.717, 1.165) is 45.4 Å². The summed E-state index contributed by atoms with van der Waals surface area (Å²) in [4.78, 5) is 30.7. The van der Waals surface area contributed by atoms with Crippen LogP contribution in [0.25, 0.3) is 0 Å². The number of carbonyl (C=O) groups excluding carboxylic acids is 2. The van der Waals surface area contributed by atoms with Gasteiger partial charge in [0.25, 0.3) is 0 Å². The van der Waals surface area contributed by atoms with E-state index in [-0.39, 0.29) is 17.9 Å². The third-order valence-electron chi connectivity index (χ3n) is 5.60. The summed E-state index contributed by atoms with van der Waals surface area (Å²) in [6.45, 7) is 6.10. The van der Waals surface area contributed by atoms with E-state index >= 15 is 0 Å². The molecule has 2 aliphatic heterocycles. The highest BCUT2D eigenvalue weighted by molar-refractivity contribution is 5.78. The van der Waals surface area contributed by atoms with E-state index in [4.69, 9.17) is 10.5 Å². The number of nitrogens with two attached hydrogens (primary N) is 1. The molecule has 2 amide bonds. The third kappa shape index (κ3) is 4.46. The lowest BCUT2D eigenvalue weighted by atomic mass is 9.99. The molecule has 1 saturated carbocycles. The summed E-state index contributed by atoms with van der Waals surface area (Å²) in [7, 11) is 0. The number of carbonyl (C=O) groups is 2. The van der Waals surface area contributed by atoms with Gasteiger partial charge in [0.2, 0.25) is 11.8 Å². The molecule has 24 heavy (non-hydrogen) atoms. The zero-order valence-electron chi connectivity index (χ0n) is 14.5. The molecule has 0 radical (unpaired) electrons. The van der Waals surface area contributed by atoms with Gasteiger partial charge >= 0.3 is 0 Å². The molecule has 7 heteroatoms. The number of piperazine rings is 1. The lowest BCUT2D eigenvalue weighted by Crippen LogP contribution is -2.53. The zero-order chi connectivity index (χ0) is 16.9. The Morgan fingerprint density at radius 2 is 1.58 bits per heavy atom. The van der Waals surface area contributed by atoms with Crippen molar-refractivity contribution in [3.8, 4) is 0 Å². The normalized spacial score (nSPS) is 29.0. The first kappa shape index (κ1) is 17.6. The molecule has 0 spiro atoms. The molecule has 3 aliphatic rings. The van der Waals surface area contributed by atoms with Crippen LogP contribution in [-0.2, 0) is 14.3 Å². The van der Waals surface area contributed by atoms with Crippen molar-refractivity contribution < 1.29 is 14.3 Å². The van der Waals surface area contributed by atoms with Gasteiger partial charge in [0.05, 0.1) is 19.8 Å². The first-order valence-corrected chi connectivity index (χ1v) is 9.24. The van der Waals surface area contributed by atoms with E-state index < -0.39 is 0 Å². The van der Waals surface area contributed by atoms with Gasteiger partial charge in [-0.25, -0.2) is 0 Å². The predicted octanol–water partition coefficient (Wildman–Crippen LogP) is -0.493. The molecule has 2 atom stereocenters. The van der Waals surface area contributed by atoms with Gasteiger partial charge in [-0.3, -0.25) is 14.5 Å². The highest BCUT2D eigenvalue weighted by Gasteiger charge is 2.30. The lowest BCUT2D eigenvalue weighted by molar-refractivity contribution is -0.138. The van der Waals surface area contributed by atoms with E-state index in [1.54, 1.807) is 0 Å². The Kier molecular flexibility index (Phi) is 6.08. The number of morpholine rings is 1. The summed E-state index contributed by atoms with van der Waals surface area (Å²) in [5.74, 6) is 0.768. The number of nitrogens with zero attached hydrogens (tertiary/aromatic N) is 3. The largest absolute Gasteiger partial charge is 0.378 e. The van der Waals surface area contributed by atoms with E-state index in [1.807, 2.05) is 9.80 Å². The van der Waals surface area contributed by atoms with Gasteiger partial charge in [0, 0.05) is 51.7 Å². The summed E-state index contributed by atoms with van der Waals surface area (Å²) >= 11 is 0.